The van der Waals surface area contributed by atoms with Crippen molar-refractivity contribution in [1.82, 2.24) is 24.4 Å². The van der Waals surface area contributed by atoms with E-state index >= 15 is 0 Å². The van der Waals surface area contributed by atoms with Crippen molar-refractivity contribution in [2.45, 2.75) is 46.3 Å². The highest BCUT2D eigenvalue weighted by molar-refractivity contribution is 5.03. The highest BCUT2D eigenvalue weighted by Crippen LogP contribution is 2.06. The van der Waals surface area contributed by atoms with Crippen molar-refractivity contribution in [3.05, 3.63) is 36.4 Å². The van der Waals surface area contributed by atoms with Gasteiger partial charge in [0.05, 0.1) is 25.1 Å². The maximum Gasteiger partial charge on any atom is 0.123 e. The molecule has 0 radical (unpaired) electrons. The number of hydrogen-bond donors (Lipinski definition) is 1. The SMILES string of the molecule is CCCNCc1nccn1Cc1cncn1CCC. The molecule has 2 rings (SSSR count). The van der Waals surface area contributed by atoms with E-state index in [1.165, 1.54) is 5.69 Å². The lowest BCUT2D eigenvalue weighted by molar-refractivity contribution is 0.587. The third-order valence-corrected chi connectivity index (χ3v) is 3.11. The second kappa shape index (κ2) is 7.09. The van der Waals surface area contributed by atoms with Crippen molar-refractivity contribution >= 4 is 0 Å². The summed E-state index contributed by atoms with van der Waals surface area (Å²) < 4.78 is 4.40. The fourth-order valence-corrected chi connectivity index (χ4v) is 2.12. The monoisotopic (exact) mass is 261 g/mol. The Morgan fingerprint density at radius 2 is 2.11 bits per heavy atom. The van der Waals surface area contributed by atoms with Crippen LogP contribution in [0, 0.1) is 0 Å². The molecule has 0 unspecified atom stereocenters. The van der Waals surface area contributed by atoms with Crippen LogP contribution in [-0.2, 0) is 19.6 Å². The summed E-state index contributed by atoms with van der Waals surface area (Å²) >= 11 is 0. The van der Waals surface area contributed by atoms with Gasteiger partial charge in [0.25, 0.3) is 0 Å². The zero-order chi connectivity index (χ0) is 13.5. The lowest BCUT2D eigenvalue weighted by atomic mass is 10.4. The minimum Gasteiger partial charge on any atom is -0.333 e. The van der Waals surface area contributed by atoms with Crippen molar-refractivity contribution < 1.29 is 0 Å². The standard InChI is InChI=1S/C14H23N5/c1-3-5-15-10-14-17-6-8-18(14)11-13-9-16-12-19(13)7-4-2/h6,8-9,12,15H,3-5,7,10-11H2,1-2H3. The highest BCUT2D eigenvalue weighted by atomic mass is 15.1. The van der Waals surface area contributed by atoms with Crippen LogP contribution in [0.15, 0.2) is 24.9 Å². The van der Waals surface area contributed by atoms with E-state index in [0.29, 0.717) is 0 Å². The van der Waals surface area contributed by atoms with Gasteiger partial charge in [-0.3, -0.25) is 0 Å². The van der Waals surface area contributed by atoms with Crippen LogP contribution in [0.1, 0.15) is 38.2 Å². The van der Waals surface area contributed by atoms with Gasteiger partial charge in [0.15, 0.2) is 0 Å². The molecule has 0 atom stereocenters. The van der Waals surface area contributed by atoms with Gasteiger partial charge in [-0.15, -0.1) is 0 Å². The van der Waals surface area contributed by atoms with Gasteiger partial charge in [0.1, 0.15) is 5.82 Å². The lowest BCUT2D eigenvalue weighted by Crippen LogP contribution is -2.18. The first-order chi connectivity index (χ1) is 9.35. The second-order valence-corrected chi connectivity index (χ2v) is 4.73. The molecule has 104 valence electrons. The molecule has 2 heterocycles. The highest BCUT2D eigenvalue weighted by Gasteiger charge is 2.06. The topological polar surface area (TPSA) is 47.7 Å². The Kier molecular flexibility index (Phi) is 5.15. The van der Waals surface area contributed by atoms with Gasteiger partial charge < -0.3 is 14.5 Å². The molecule has 0 bridgehead atoms. The van der Waals surface area contributed by atoms with Crippen LogP contribution in [0.3, 0.4) is 0 Å². The fourth-order valence-electron chi connectivity index (χ4n) is 2.12. The molecule has 19 heavy (non-hydrogen) atoms. The quantitative estimate of drug-likeness (QED) is 0.740. The molecule has 2 aromatic rings. The molecular formula is C14H23N5. The van der Waals surface area contributed by atoms with Crippen LogP contribution in [-0.4, -0.2) is 25.6 Å². The predicted molar refractivity (Wildman–Crippen MR) is 75.8 cm³/mol. The number of hydrogen-bond acceptors (Lipinski definition) is 3. The van der Waals surface area contributed by atoms with Gasteiger partial charge in [0, 0.05) is 25.1 Å². The number of nitrogens with zero attached hydrogens (tertiary/aromatic N) is 4. The summed E-state index contributed by atoms with van der Waals surface area (Å²) in [6, 6.07) is 0. The summed E-state index contributed by atoms with van der Waals surface area (Å²) in [5.41, 5.74) is 1.23. The number of aromatic nitrogens is 4. The Morgan fingerprint density at radius 1 is 1.21 bits per heavy atom. The summed E-state index contributed by atoms with van der Waals surface area (Å²) in [4.78, 5) is 8.65. The van der Waals surface area contributed by atoms with E-state index < -0.39 is 0 Å². The molecule has 5 nitrogen and oxygen atoms in total. The Hall–Kier alpha value is -1.62. The van der Waals surface area contributed by atoms with Crippen LogP contribution < -0.4 is 5.32 Å². The number of nitrogens with one attached hydrogen (secondary N) is 1. The van der Waals surface area contributed by atoms with Crippen LogP contribution >= 0.6 is 0 Å². The van der Waals surface area contributed by atoms with E-state index in [0.717, 1.165) is 44.8 Å². The molecule has 0 aromatic carbocycles. The maximum atomic E-state index is 4.41. The molecule has 5 heteroatoms. The van der Waals surface area contributed by atoms with Crippen molar-refractivity contribution in [1.29, 1.82) is 0 Å². The average molecular weight is 261 g/mol. The van der Waals surface area contributed by atoms with Crippen molar-refractivity contribution in [2.75, 3.05) is 6.54 Å². The largest absolute Gasteiger partial charge is 0.333 e. The second-order valence-electron chi connectivity index (χ2n) is 4.73. The first-order valence-electron chi connectivity index (χ1n) is 7.04. The van der Waals surface area contributed by atoms with E-state index in [-0.39, 0.29) is 0 Å². The van der Waals surface area contributed by atoms with E-state index in [1.54, 1.807) is 0 Å². The Morgan fingerprint density at radius 3 is 2.89 bits per heavy atom. The summed E-state index contributed by atoms with van der Waals surface area (Å²) in [7, 11) is 0. The average Bonchev–Trinajstić information content (AvgIpc) is 3.02. The van der Waals surface area contributed by atoms with Crippen LogP contribution in [0.25, 0.3) is 0 Å². The number of imidazole rings is 2. The predicted octanol–water partition coefficient (Wildman–Crippen LogP) is 2.04. The fraction of sp³-hybridized carbons (Fsp3) is 0.571. The molecule has 0 fully saturated rings. The molecule has 2 aromatic heterocycles. The van der Waals surface area contributed by atoms with Crippen molar-refractivity contribution in [2.24, 2.45) is 0 Å². The van der Waals surface area contributed by atoms with Crippen molar-refractivity contribution in [3.63, 3.8) is 0 Å². The van der Waals surface area contributed by atoms with Crippen LogP contribution in [0.4, 0.5) is 0 Å². The summed E-state index contributed by atoms with van der Waals surface area (Å²) in [6.45, 7) is 8.06. The van der Waals surface area contributed by atoms with E-state index in [2.05, 4.69) is 38.3 Å². The van der Waals surface area contributed by atoms with Crippen molar-refractivity contribution in [3.8, 4) is 0 Å². The summed E-state index contributed by atoms with van der Waals surface area (Å²) in [5.74, 6) is 1.08. The number of rotatable bonds is 8. The zero-order valence-corrected chi connectivity index (χ0v) is 11.8. The summed E-state index contributed by atoms with van der Waals surface area (Å²) in [5, 5.41) is 3.39. The van der Waals surface area contributed by atoms with Gasteiger partial charge in [-0.2, -0.15) is 0 Å². The van der Waals surface area contributed by atoms with Gasteiger partial charge in [0.2, 0.25) is 0 Å². The lowest BCUT2D eigenvalue weighted by Gasteiger charge is -2.10. The van der Waals surface area contributed by atoms with Gasteiger partial charge >= 0.3 is 0 Å². The van der Waals surface area contributed by atoms with E-state index in [4.69, 9.17) is 0 Å². The molecule has 0 aliphatic rings. The molecule has 0 aliphatic carbocycles. The molecule has 0 saturated heterocycles. The smallest absolute Gasteiger partial charge is 0.123 e. The molecule has 1 N–H and O–H groups in total. The van der Waals surface area contributed by atoms with E-state index in [9.17, 15) is 0 Å². The summed E-state index contributed by atoms with van der Waals surface area (Å²) in [6.07, 6.45) is 10.0. The minimum absolute atomic E-state index is 0.822. The van der Waals surface area contributed by atoms with Crippen LogP contribution in [0.5, 0.6) is 0 Å². The Bertz CT molecular complexity index is 485. The molecule has 0 amide bonds. The zero-order valence-electron chi connectivity index (χ0n) is 11.8. The maximum absolute atomic E-state index is 4.41. The third kappa shape index (κ3) is 3.67. The number of aryl methyl sites for hydroxylation is 1. The third-order valence-electron chi connectivity index (χ3n) is 3.11. The van der Waals surface area contributed by atoms with Gasteiger partial charge in [-0.05, 0) is 19.4 Å². The van der Waals surface area contributed by atoms with E-state index in [1.807, 2.05) is 24.9 Å². The molecular weight excluding hydrogens is 238 g/mol. The molecule has 0 aliphatic heterocycles. The van der Waals surface area contributed by atoms with Crippen LogP contribution in [0.2, 0.25) is 0 Å². The first-order valence-corrected chi connectivity index (χ1v) is 7.04. The van der Waals surface area contributed by atoms with Gasteiger partial charge in [-0.25, -0.2) is 9.97 Å². The Balaban J connectivity index is 2.02. The normalized spacial score (nSPS) is 11.1. The minimum atomic E-state index is 0.822. The van der Waals surface area contributed by atoms with Gasteiger partial charge in [-0.1, -0.05) is 13.8 Å². The molecule has 0 saturated carbocycles. The first kappa shape index (κ1) is 13.8. The Labute approximate surface area is 114 Å². The molecule has 0 spiro atoms.